The molecule has 2 aromatic carbocycles. The van der Waals surface area contributed by atoms with Crippen molar-refractivity contribution < 1.29 is 13.9 Å². The highest BCUT2D eigenvalue weighted by molar-refractivity contribution is 6.31. The normalized spacial score (nSPS) is 10.3. The summed E-state index contributed by atoms with van der Waals surface area (Å²) in [5.74, 6) is -0.865. The first kappa shape index (κ1) is 14.3. The molecular weight excluding hydrogens is 281 g/mol. The molecule has 104 valence electrons. The minimum Gasteiger partial charge on any atom is -0.460 e. The third-order valence-corrected chi connectivity index (χ3v) is 3.16. The first-order chi connectivity index (χ1) is 9.56. The summed E-state index contributed by atoms with van der Waals surface area (Å²) in [6.07, 6.45) is 0.0691. The Hall–Kier alpha value is -2.07. The molecule has 0 saturated heterocycles. The van der Waals surface area contributed by atoms with E-state index in [4.69, 9.17) is 22.1 Å². The Balaban J connectivity index is 1.96. The SMILES string of the molecule is Nc1ccccc1CC(=O)OCc1cc(F)ccc1Cl. The summed E-state index contributed by atoms with van der Waals surface area (Å²) in [6, 6.07) is 11.0. The van der Waals surface area contributed by atoms with Gasteiger partial charge < -0.3 is 10.5 Å². The number of hydrogen-bond acceptors (Lipinski definition) is 3. The Morgan fingerprint density at radius 1 is 1.20 bits per heavy atom. The number of carbonyl (C=O) groups is 1. The lowest BCUT2D eigenvalue weighted by Gasteiger charge is -2.08. The maximum Gasteiger partial charge on any atom is 0.310 e. The molecule has 0 atom stereocenters. The molecule has 0 heterocycles. The van der Waals surface area contributed by atoms with Gasteiger partial charge in [-0.25, -0.2) is 4.39 Å². The maximum absolute atomic E-state index is 13.1. The van der Waals surface area contributed by atoms with Crippen molar-refractivity contribution in [3.8, 4) is 0 Å². The van der Waals surface area contributed by atoms with Crippen LogP contribution < -0.4 is 5.73 Å². The lowest BCUT2D eigenvalue weighted by Crippen LogP contribution is -2.09. The molecule has 0 spiro atoms. The van der Waals surface area contributed by atoms with E-state index >= 15 is 0 Å². The van der Waals surface area contributed by atoms with E-state index in [9.17, 15) is 9.18 Å². The number of nitrogen functional groups attached to an aromatic ring is 1. The number of anilines is 1. The Kier molecular flexibility index (Phi) is 4.58. The van der Waals surface area contributed by atoms with Crippen molar-refractivity contribution in [2.45, 2.75) is 13.0 Å². The van der Waals surface area contributed by atoms with Crippen LogP contribution in [0.25, 0.3) is 0 Å². The number of ether oxygens (including phenoxy) is 1. The number of carbonyl (C=O) groups excluding carboxylic acids is 1. The molecular formula is C15H13ClFNO2. The van der Waals surface area contributed by atoms with Crippen molar-refractivity contribution >= 4 is 23.3 Å². The van der Waals surface area contributed by atoms with Gasteiger partial charge in [0.25, 0.3) is 0 Å². The van der Waals surface area contributed by atoms with Crippen molar-refractivity contribution in [1.82, 2.24) is 0 Å². The average molecular weight is 294 g/mol. The zero-order valence-electron chi connectivity index (χ0n) is 10.6. The molecule has 2 rings (SSSR count). The van der Waals surface area contributed by atoms with Gasteiger partial charge in [-0.2, -0.15) is 0 Å². The fraction of sp³-hybridized carbons (Fsp3) is 0.133. The second-order valence-electron chi connectivity index (χ2n) is 4.27. The zero-order chi connectivity index (χ0) is 14.5. The smallest absolute Gasteiger partial charge is 0.310 e. The Bertz CT molecular complexity index is 631. The molecule has 20 heavy (non-hydrogen) atoms. The van der Waals surface area contributed by atoms with E-state index in [1.54, 1.807) is 24.3 Å². The van der Waals surface area contributed by atoms with Gasteiger partial charge in [-0.15, -0.1) is 0 Å². The summed E-state index contributed by atoms with van der Waals surface area (Å²) < 4.78 is 18.1. The predicted molar refractivity (Wildman–Crippen MR) is 75.8 cm³/mol. The van der Waals surface area contributed by atoms with E-state index in [1.807, 2.05) is 0 Å². The summed E-state index contributed by atoms with van der Waals surface area (Å²) >= 11 is 5.89. The highest BCUT2D eigenvalue weighted by atomic mass is 35.5. The third-order valence-electron chi connectivity index (χ3n) is 2.79. The number of nitrogens with two attached hydrogens (primary N) is 1. The van der Waals surface area contributed by atoms with Crippen LogP contribution in [0.1, 0.15) is 11.1 Å². The van der Waals surface area contributed by atoms with Crippen LogP contribution >= 0.6 is 11.6 Å². The molecule has 2 aromatic rings. The summed E-state index contributed by atoms with van der Waals surface area (Å²) in [7, 11) is 0. The summed E-state index contributed by atoms with van der Waals surface area (Å²) in [5.41, 5.74) is 7.41. The number of halogens is 2. The molecule has 0 radical (unpaired) electrons. The van der Waals surface area contributed by atoms with Crippen molar-refractivity contribution in [2.75, 3.05) is 5.73 Å². The van der Waals surface area contributed by atoms with Crippen LogP contribution in [0.4, 0.5) is 10.1 Å². The van der Waals surface area contributed by atoms with Crippen LogP contribution in [0.3, 0.4) is 0 Å². The molecule has 5 heteroatoms. The number of benzene rings is 2. The van der Waals surface area contributed by atoms with Gasteiger partial charge >= 0.3 is 5.97 Å². The first-order valence-corrected chi connectivity index (χ1v) is 6.37. The minimum absolute atomic E-state index is 0.0673. The topological polar surface area (TPSA) is 52.3 Å². The molecule has 0 aromatic heterocycles. The van der Waals surface area contributed by atoms with Gasteiger partial charge in [0.05, 0.1) is 6.42 Å². The van der Waals surface area contributed by atoms with E-state index in [0.717, 1.165) is 0 Å². The molecule has 0 unspecified atom stereocenters. The monoisotopic (exact) mass is 293 g/mol. The van der Waals surface area contributed by atoms with Crippen LogP contribution in [-0.2, 0) is 22.6 Å². The second-order valence-corrected chi connectivity index (χ2v) is 4.68. The van der Waals surface area contributed by atoms with Crippen LogP contribution in [-0.4, -0.2) is 5.97 Å². The quantitative estimate of drug-likeness (QED) is 0.695. The Labute approximate surface area is 121 Å². The van der Waals surface area contributed by atoms with Gasteiger partial charge in [-0.1, -0.05) is 29.8 Å². The van der Waals surface area contributed by atoms with E-state index in [1.165, 1.54) is 18.2 Å². The molecule has 0 aliphatic rings. The van der Waals surface area contributed by atoms with Gasteiger partial charge in [-0.05, 0) is 29.8 Å². The van der Waals surface area contributed by atoms with Crippen LogP contribution in [0.5, 0.6) is 0 Å². The van der Waals surface area contributed by atoms with Gasteiger partial charge in [0.15, 0.2) is 0 Å². The lowest BCUT2D eigenvalue weighted by molar-refractivity contribution is -0.144. The van der Waals surface area contributed by atoms with E-state index in [0.29, 0.717) is 21.8 Å². The minimum atomic E-state index is -0.441. The average Bonchev–Trinajstić information content (AvgIpc) is 2.42. The lowest BCUT2D eigenvalue weighted by atomic mass is 10.1. The molecule has 0 amide bonds. The standard InChI is InChI=1S/C15H13ClFNO2/c16-13-6-5-12(17)7-11(13)9-20-15(19)8-10-3-1-2-4-14(10)18/h1-7H,8-9,18H2. The third kappa shape index (κ3) is 3.71. The number of esters is 1. The molecule has 3 nitrogen and oxygen atoms in total. The van der Waals surface area contributed by atoms with Crippen molar-refractivity contribution in [3.05, 3.63) is 64.4 Å². The van der Waals surface area contributed by atoms with Gasteiger partial charge in [-0.3, -0.25) is 4.79 Å². The van der Waals surface area contributed by atoms with Crippen LogP contribution in [0, 0.1) is 5.82 Å². The molecule has 0 aliphatic heterocycles. The Morgan fingerprint density at radius 3 is 2.70 bits per heavy atom. The number of hydrogen-bond donors (Lipinski definition) is 1. The number of rotatable bonds is 4. The predicted octanol–water partition coefficient (Wildman–Crippen LogP) is 3.35. The summed E-state index contributed by atoms with van der Waals surface area (Å²) in [4.78, 5) is 11.7. The van der Waals surface area contributed by atoms with Gasteiger partial charge in [0.1, 0.15) is 12.4 Å². The van der Waals surface area contributed by atoms with Crippen LogP contribution in [0.2, 0.25) is 5.02 Å². The molecule has 0 saturated carbocycles. The second kappa shape index (κ2) is 6.39. The molecule has 2 N–H and O–H groups in total. The maximum atomic E-state index is 13.1. The van der Waals surface area contributed by atoms with Crippen molar-refractivity contribution in [2.24, 2.45) is 0 Å². The Morgan fingerprint density at radius 2 is 1.95 bits per heavy atom. The summed E-state index contributed by atoms with van der Waals surface area (Å²) in [6.45, 7) is -0.0673. The largest absolute Gasteiger partial charge is 0.460 e. The first-order valence-electron chi connectivity index (χ1n) is 5.99. The van der Waals surface area contributed by atoms with E-state index in [2.05, 4.69) is 0 Å². The fourth-order valence-corrected chi connectivity index (χ4v) is 1.89. The van der Waals surface area contributed by atoms with Crippen LogP contribution in [0.15, 0.2) is 42.5 Å². The van der Waals surface area contributed by atoms with E-state index < -0.39 is 11.8 Å². The molecule has 0 bridgehead atoms. The van der Waals surface area contributed by atoms with Crippen molar-refractivity contribution in [3.63, 3.8) is 0 Å². The van der Waals surface area contributed by atoms with Crippen molar-refractivity contribution in [1.29, 1.82) is 0 Å². The highest BCUT2D eigenvalue weighted by Crippen LogP contribution is 2.18. The zero-order valence-corrected chi connectivity index (χ0v) is 11.4. The highest BCUT2D eigenvalue weighted by Gasteiger charge is 2.09. The van der Waals surface area contributed by atoms with Gasteiger partial charge in [0, 0.05) is 16.3 Å². The fourth-order valence-electron chi connectivity index (χ4n) is 1.71. The van der Waals surface area contributed by atoms with Gasteiger partial charge in [0.2, 0.25) is 0 Å². The van der Waals surface area contributed by atoms with E-state index in [-0.39, 0.29) is 13.0 Å². The summed E-state index contributed by atoms with van der Waals surface area (Å²) in [5, 5.41) is 0.360. The molecule has 0 aliphatic carbocycles. The number of para-hydroxylation sites is 1. The molecule has 0 fully saturated rings.